The fraction of sp³-hybridized carbons (Fsp3) is 0.500. The van der Waals surface area contributed by atoms with Crippen LogP contribution in [0.4, 0.5) is 0 Å². The van der Waals surface area contributed by atoms with Gasteiger partial charge in [0.1, 0.15) is 6.04 Å². The van der Waals surface area contributed by atoms with Crippen LogP contribution in [0.15, 0.2) is 18.2 Å². The first-order chi connectivity index (χ1) is 9.08. The number of fused-ring (bicyclic) bond motifs is 1. The molecule has 5 nitrogen and oxygen atoms in total. The lowest BCUT2D eigenvalue weighted by Crippen LogP contribution is -2.37. The van der Waals surface area contributed by atoms with Crippen LogP contribution in [0.25, 0.3) is 0 Å². The smallest absolute Gasteiger partial charge is 0.320 e. The van der Waals surface area contributed by atoms with Crippen LogP contribution in [0.5, 0.6) is 11.5 Å². The first-order valence-corrected chi connectivity index (χ1v) is 6.41. The molecule has 1 aromatic carbocycles. The van der Waals surface area contributed by atoms with Crippen LogP contribution in [-0.2, 0) is 11.3 Å². The number of rotatable bonds is 6. The Morgan fingerprint density at radius 1 is 1.42 bits per heavy atom. The van der Waals surface area contributed by atoms with Crippen molar-refractivity contribution >= 4 is 5.97 Å². The Kier molecular flexibility index (Phi) is 4.27. The molecule has 1 aliphatic heterocycles. The van der Waals surface area contributed by atoms with Gasteiger partial charge in [-0.2, -0.15) is 0 Å². The SMILES string of the molecule is CC(C)CC(NCc1cccc2c1OCO2)C(=O)O. The van der Waals surface area contributed by atoms with E-state index in [0.29, 0.717) is 24.6 Å². The van der Waals surface area contributed by atoms with Crippen LogP contribution in [0, 0.1) is 5.92 Å². The molecule has 0 saturated carbocycles. The lowest BCUT2D eigenvalue weighted by molar-refractivity contribution is -0.140. The Balaban J connectivity index is 2.01. The number of hydrogen-bond donors (Lipinski definition) is 2. The van der Waals surface area contributed by atoms with Crippen LogP contribution < -0.4 is 14.8 Å². The molecule has 1 unspecified atom stereocenters. The maximum atomic E-state index is 11.2. The molecule has 2 N–H and O–H groups in total. The number of benzene rings is 1. The van der Waals surface area contributed by atoms with Gasteiger partial charge in [0.2, 0.25) is 6.79 Å². The summed E-state index contributed by atoms with van der Waals surface area (Å²) in [5, 5.41) is 12.2. The fourth-order valence-corrected chi connectivity index (χ4v) is 2.11. The maximum absolute atomic E-state index is 11.2. The van der Waals surface area contributed by atoms with Gasteiger partial charge < -0.3 is 19.9 Å². The van der Waals surface area contributed by atoms with Gasteiger partial charge in [-0.1, -0.05) is 26.0 Å². The molecule has 104 valence electrons. The highest BCUT2D eigenvalue weighted by Crippen LogP contribution is 2.35. The molecule has 1 atom stereocenters. The highest BCUT2D eigenvalue weighted by Gasteiger charge is 2.21. The predicted molar refractivity (Wildman–Crippen MR) is 70.3 cm³/mol. The minimum atomic E-state index is -0.821. The van der Waals surface area contributed by atoms with Crippen molar-refractivity contribution in [2.45, 2.75) is 32.9 Å². The summed E-state index contributed by atoms with van der Waals surface area (Å²) >= 11 is 0. The Hall–Kier alpha value is -1.75. The highest BCUT2D eigenvalue weighted by atomic mass is 16.7. The van der Waals surface area contributed by atoms with Gasteiger partial charge in [0.05, 0.1) is 0 Å². The van der Waals surface area contributed by atoms with Gasteiger partial charge in [-0.15, -0.1) is 0 Å². The Morgan fingerprint density at radius 2 is 2.21 bits per heavy atom. The van der Waals surface area contributed by atoms with Crippen molar-refractivity contribution in [3.63, 3.8) is 0 Å². The second kappa shape index (κ2) is 5.93. The number of para-hydroxylation sites is 1. The van der Waals surface area contributed by atoms with Crippen LogP contribution in [0.3, 0.4) is 0 Å². The van der Waals surface area contributed by atoms with Crippen molar-refractivity contribution in [1.82, 2.24) is 5.32 Å². The van der Waals surface area contributed by atoms with Crippen molar-refractivity contribution in [2.24, 2.45) is 5.92 Å². The maximum Gasteiger partial charge on any atom is 0.320 e. The number of hydrogen-bond acceptors (Lipinski definition) is 4. The Morgan fingerprint density at radius 3 is 2.89 bits per heavy atom. The third-order valence-electron chi connectivity index (χ3n) is 3.02. The molecular weight excluding hydrogens is 246 g/mol. The van der Waals surface area contributed by atoms with Gasteiger partial charge in [-0.25, -0.2) is 0 Å². The summed E-state index contributed by atoms with van der Waals surface area (Å²) in [7, 11) is 0. The summed E-state index contributed by atoms with van der Waals surface area (Å²) in [6.07, 6.45) is 0.599. The second-order valence-corrected chi connectivity index (χ2v) is 5.05. The molecule has 0 aromatic heterocycles. The number of ether oxygens (including phenoxy) is 2. The summed E-state index contributed by atoms with van der Waals surface area (Å²) in [6, 6.07) is 5.09. The standard InChI is InChI=1S/C14H19NO4/c1-9(2)6-11(14(16)17)15-7-10-4-3-5-12-13(10)19-8-18-12/h3-5,9,11,15H,6-8H2,1-2H3,(H,16,17). The van der Waals surface area contributed by atoms with Crippen LogP contribution in [0.2, 0.25) is 0 Å². The zero-order chi connectivity index (χ0) is 13.8. The molecule has 19 heavy (non-hydrogen) atoms. The largest absolute Gasteiger partial charge is 0.480 e. The summed E-state index contributed by atoms with van der Waals surface area (Å²) < 4.78 is 10.7. The fourth-order valence-electron chi connectivity index (χ4n) is 2.11. The number of aliphatic carboxylic acids is 1. The van der Waals surface area contributed by atoms with Crippen molar-refractivity contribution in [1.29, 1.82) is 0 Å². The lowest BCUT2D eigenvalue weighted by atomic mass is 10.0. The third kappa shape index (κ3) is 3.38. The number of carbonyl (C=O) groups is 1. The summed E-state index contributed by atoms with van der Waals surface area (Å²) in [5.41, 5.74) is 0.921. The molecule has 1 aromatic rings. The van der Waals surface area contributed by atoms with Crippen LogP contribution in [-0.4, -0.2) is 23.9 Å². The molecule has 0 bridgehead atoms. The van der Waals surface area contributed by atoms with E-state index in [-0.39, 0.29) is 6.79 Å². The molecule has 2 rings (SSSR count). The van der Waals surface area contributed by atoms with Crippen LogP contribution in [0.1, 0.15) is 25.8 Å². The molecule has 1 heterocycles. The van der Waals surface area contributed by atoms with Crippen molar-refractivity contribution in [3.05, 3.63) is 23.8 Å². The minimum Gasteiger partial charge on any atom is -0.480 e. The van der Waals surface area contributed by atoms with Gasteiger partial charge in [0.15, 0.2) is 11.5 Å². The molecule has 5 heteroatoms. The van der Waals surface area contributed by atoms with E-state index in [1.165, 1.54) is 0 Å². The molecule has 0 radical (unpaired) electrons. The average molecular weight is 265 g/mol. The molecule has 0 amide bonds. The summed E-state index contributed by atoms with van der Waals surface area (Å²) in [4.78, 5) is 11.2. The Bertz CT molecular complexity index is 459. The quantitative estimate of drug-likeness (QED) is 0.823. The van der Waals surface area contributed by atoms with E-state index in [2.05, 4.69) is 5.32 Å². The monoisotopic (exact) mass is 265 g/mol. The molecule has 0 fully saturated rings. The number of nitrogens with one attached hydrogen (secondary N) is 1. The Labute approximate surface area is 112 Å². The first kappa shape index (κ1) is 13.7. The summed E-state index contributed by atoms with van der Waals surface area (Å²) in [5.74, 6) is 0.937. The van der Waals surface area contributed by atoms with E-state index in [1.807, 2.05) is 32.0 Å². The molecular formula is C14H19NO4. The molecule has 0 aliphatic carbocycles. The summed E-state index contributed by atoms with van der Waals surface area (Å²) in [6.45, 7) is 4.69. The first-order valence-electron chi connectivity index (χ1n) is 6.41. The van der Waals surface area contributed by atoms with Gasteiger partial charge >= 0.3 is 5.97 Å². The van der Waals surface area contributed by atoms with Crippen molar-refractivity contribution in [2.75, 3.05) is 6.79 Å². The van der Waals surface area contributed by atoms with E-state index in [0.717, 1.165) is 11.3 Å². The van der Waals surface area contributed by atoms with E-state index >= 15 is 0 Å². The molecule has 1 aliphatic rings. The zero-order valence-corrected chi connectivity index (χ0v) is 11.2. The normalized spacial score (nSPS) is 14.7. The van der Waals surface area contributed by atoms with Crippen molar-refractivity contribution < 1.29 is 19.4 Å². The number of carboxylic acids is 1. The van der Waals surface area contributed by atoms with Gasteiger partial charge in [0.25, 0.3) is 0 Å². The van der Waals surface area contributed by atoms with Gasteiger partial charge in [-0.3, -0.25) is 4.79 Å². The zero-order valence-electron chi connectivity index (χ0n) is 11.2. The average Bonchev–Trinajstić information content (AvgIpc) is 2.82. The molecule has 0 saturated heterocycles. The molecule has 0 spiro atoms. The topological polar surface area (TPSA) is 67.8 Å². The second-order valence-electron chi connectivity index (χ2n) is 5.05. The third-order valence-corrected chi connectivity index (χ3v) is 3.02. The van der Waals surface area contributed by atoms with E-state index in [4.69, 9.17) is 9.47 Å². The van der Waals surface area contributed by atoms with Crippen LogP contribution >= 0.6 is 0 Å². The predicted octanol–water partition coefficient (Wildman–Crippen LogP) is 2.00. The van der Waals surface area contributed by atoms with Crippen molar-refractivity contribution in [3.8, 4) is 11.5 Å². The number of carboxylic acid groups (broad SMARTS) is 1. The van der Waals surface area contributed by atoms with E-state index in [1.54, 1.807) is 0 Å². The van der Waals surface area contributed by atoms with Gasteiger partial charge in [-0.05, 0) is 18.4 Å². The van der Waals surface area contributed by atoms with E-state index < -0.39 is 12.0 Å². The van der Waals surface area contributed by atoms with E-state index in [9.17, 15) is 9.90 Å². The minimum absolute atomic E-state index is 0.223. The lowest BCUT2D eigenvalue weighted by Gasteiger charge is -2.17. The highest BCUT2D eigenvalue weighted by molar-refractivity contribution is 5.73. The van der Waals surface area contributed by atoms with Gasteiger partial charge in [0, 0.05) is 12.1 Å².